The van der Waals surface area contributed by atoms with Crippen molar-refractivity contribution in [3.63, 3.8) is 0 Å². The second-order valence-corrected chi connectivity index (χ2v) is 10.2. The summed E-state index contributed by atoms with van der Waals surface area (Å²) in [6, 6.07) is 24.2. The molecule has 2 aromatic heterocycles. The van der Waals surface area contributed by atoms with Crippen LogP contribution in [0.4, 0.5) is 0 Å². The molecule has 0 amide bonds. The lowest BCUT2D eigenvalue weighted by Gasteiger charge is -2.20. The Labute approximate surface area is 200 Å². The van der Waals surface area contributed by atoms with Crippen LogP contribution in [0.15, 0.2) is 83.5 Å². The van der Waals surface area contributed by atoms with Crippen molar-refractivity contribution >= 4 is 49.3 Å². The highest BCUT2D eigenvalue weighted by Gasteiger charge is 2.18. The van der Waals surface area contributed by atoms with Crippen LogP contribution in [0.3, 0.4) is 0 Å². The standard InChI is InChI=1S/C27H22BrClN2O/c1-27(2,3)17-11-12-30-26(13-17)31-24-10-7-19(29)15-23(24)22-9-8-21(16-25(22)31)32-20-6-4-5-18(28)14-20/h4-16H,1-3H3. The number of hydrogen-bond acceptors (Lipinski definition) is 2. The number of nitrogens with zero attached hydrogens (tertiary/aromatic N) is 2. The van der Waals surface area contributed by atoms with E-state index < -0.39 is 0 Å². The van der Waals surface area contributed by atoms with Gasteiger partial charge in [-0.25, -0.2) is 4.98 Å². The molecule has 0 saturated carbocycles. The zero-order chi connectivity index (χ0) is 22.5. The van der Waals surface area contributed by atoms with Gasteiger partial charge in [-0.05, 0) is 71.6 Å². The number of fused-ring (bicyclic) bond motifs is 3. The van der Waals surface area contributed by atoms with E-state index in [1.165, 1.54) is 5.56 Å². The van der Waals surface area contributed by atoms with Gasteiger partial charge >= 0.3 is 0 Å². The van der Waals surface area contributed by atoms with Crippen molar-refractivity contribution in [2.45, 2.75) is 26.2 Å². The molecule has 0 bridgehead atoms. The van der Waals surface area contributed by atoms with E-state index in [4.69, 9.17) is 21.3 Å². The van der Waals surface area contributed by atoms with E-state index in [0.29, 0.717) is 5.02 Å². The third-order valence-corrected chi connectivity index (χ3v) is 6.30. The summed E-state index contributed by atoms with van der Waals surface area (Å²) >= 11 is 9.86. The summed E-state index contributed by atoms with van der Waals surface area (Å²) in [6.45, 7) is 6.63. The molecular formula is C27H22BrClN2O. The van der Waals surface area contributed by atoms with Gasteiger partial charge in [0.25, 0.3) is 0 Å². The normalized spacial score (nSPS) is 11.9. The lowest BCUT2D eigenvalue weighted by atomic mass is 9.88. The number of hydrogen-bond donors (Lipinski definition) is 0. The number of halogens is 2. The van der Waals surface area contributed by atoms with Crippen LogP contribution in [0.2, 0.25) is 5.02 Å². The van der Waals surface area contributed by atoms with Gasteiger partial charge < -0.3 is 4.74 Å². The molecular weight excluding hydrogens is 484 g/mol. The first-order chi connectivity index (χ1) is 15.3. The fraction of sp³-hybridized carbons (Fsp3) is 0.148. The topological polar surface area (TPSA) is 27.1 Å². The van der Waals surface area contributed by atoms with Gasteiger partial charge in [0.1, 0.15) is 17.3 Å². The Morgan fingerprint density at radius 3 is 2.44 bits per heavy atom. The Bertz CT molecular complexity index is 1470. The van der Waals surface area contributed by atoms with Crippen LogP contribution in [0.5, 0.6) is 11.5 Å². The predicted octanol–water partition coefficient (Wildman–Crippen LogP) is 8.68. The minimum absolute atomic E-state index is 0.0225. The van der Waals surface area contributed by atoms with Gasteiger partial charge in [0.15, 0.2) is 0 Å². The number of benzene rings is 3. The molecule has 0 radical (unpaired) electrons. The highest BCUT2D eigenvalue weighted by Crippen LogP contribution is 2.37. The molecule has 2 heterocycles. The number of rotatable bonds is 3. The van der Waals surface area contributed by atoms with E-state index in [9.17, 15) is 0 Å². The zero-order valence-corrected chi connectivity index (χ0v) is 20.4. The Hall–Kier alpha value is -2.82. The van der Waals surface area contributed by atoms with Crippen LogP contribution in [-0.2, 0) is 5.41 Å². The molecule has 0 N–H and O–H groups in total. The van der Waals surface area contributed by atoms with Crippen LogP contribution >= 0.6 is 27.5 Å². The lowest BCUT2D eigenvalue weighted by Crippen LogP contribution is -2.12. The molecule has 0 aliphatic rings. The van der Waals surface area contributed by atoms with Gasteiger partial charge in [-0.3, -0.25) is 4.57 Å². The Balaban J connectivity index is 1.74. The van der Waals surface area contributed by atoms with Crippen LogP contribution in [0, 0.1) is 0 Å². The summed E-state index contributed by atoms with van der Waals surface area (Å²) in [5.74, 6) is 2.41. The maximum Gasteiger partial charge on any atom is 0.137 e. The molecule has 3 aromatic carbocycles. The van der Waals surface area contributed by atoms with Gasteiger partial charge in [-0.1, -0.05) is 54.4 Å². The Kier molecular flexibility index (Phi) is 5.23. The number of pyridine rings is 1. The number of ether oxygens (including phenoxy) is 1. The van der Waals surface area contributed by atoms with Crippen molar-refractivity contribution < 1.29 is 4.74 Å². The summed E-state index contributed by atoms with van der Waals surface area (Å²) < 4.78 is 9.33. The summed E-state index contributed by atoms with van der Waals surface area (Å²) in [5.41, 5.74) is 3.33. The molecule has 0 aliphatic heterocycles. The van der Waals surface area contributed by atoms with Crippen molar-refractivity contribution in [1.29, 1.82) is 0 Å². The fourth-order valence-electron chi connectivity index (χ4n) is 3.96. The van der Waals surface area contributed by atoms with E-state index in [-0.39, 0.29) is 5.41 Å². The van der Waals surface area contributed by atoms with Crippen LogP contribution in [0.1, 0.15) is 26.3 Å². The Morgan fingerprint density at radius 2 is 1.66 bits per heavy atom. The second kappa shape index (κ2) is 7.95. The maximum atomic E-state index is 6.36. The third-order valence-electron chi connectivity index (χ3n) is 5.57. The molecule has 0 unspecified atom stereocenters. The van der Waals surface area contributed by atoms with Crippen LogP contribution in [0.25, 0.3) is 27.6 Å². The van der Waals surface area contributed by atoms with Crippen LogP contribution < -0.4 is 4.74 Å². The quantitative estimate of drug-likeness (QED) is 0.245. The van der Waals surface area contributed by atoms with Crippen molar-refractivity contribution in [2.24, 2.45) is 0 Å². The minimum Gasteiger partial charge on any atom is -0.457 e. The summed E-state index contributed by atoms with van der Waals surface area (Å²) in [4.78, 5) is 4.73. The highest BCUT2D eigenvalue weighted by molar-refractivity contribution is 9.10. The molecule has 160 valence electrons. The molecule has 32 heavy (non-hydrogen) atoms. The van der Waals surface area contributed by atoms with Crippen molar-refractivity contribution in [1.82, 2.24) is 9.55 Å². The first-order valence-corrected chi connectivity index (χ1v) is 11.6. The molecule has 0 aliphatic carbocycles. The van der Waals surface area contributed by atoms with Gasteiger partial charge in [0, 0.05) is 32.5 Å². The molecule has 5 heteroatoms. The zero-order valence-electron chi connectivity index (χ0n) is 18.1. The molecule has 0 saturated heterocycles. The molecule has 0 fully saturated rings. The predicted molar refractivity (Wildman–Crippen MR) is 137 cm³/mol. The summed E-state index contributed by atoms with van der Waals surface area (Å²) in [5, 5.41) is 2.90. The third kappa shape index (κ3) is 3.89. The Morgan fingerprint density at radius 1 is 0.844 bits per heavy atom. The second-order valence-electron chi connectivity index (χ2n) is 8.89. The highest BCUT2D eigenvalue weighted by atomic mass is 79.9. The maximum absolute atomic E-state index is 6.36. The van der Waals surface area contributed by atoms with E-state index in [1.54, 1.807) is 0 Å². The summed E-state index contributed by atoms with van der Waals surface area (Å²) in [6.07, 6.45) is 1.88. The van der Waals surface area contributed by atoms with E-state index in [0.717, 1.165) is 43.6 Å². The lowest BCUT2D eigenvalue weighted by molar-refractivity contribution is 0.483. The van der Waals surface area contributed by atoms with E-state index in [1.807, 2.05) is 48.7 Å². The largest absolute Gasteiger partial charge is 0.457 e. The molecule has 0 spiro atoms. The first kappa shape index (κ1) is 21.0. The number of aromatic nitrogens is 2. The van der Waals surface area contributed by atoms with Crippen molar-refractivity contribution in [2.75, 3.05) is 0 Å². The SMILES string of the molecule is CC(C)(C)c1ccnc(-n2c3ccc(Cl)cc3c3ccc(Oc4cccc(Br)c4)cc32)c1. The average Bonchev–Trinajstić information content (AvgIpc) is 3.06. The van der Waals surface area contributed by atoms with Crippen molar-refractivity contribution in [3.05, 3.63) is 94.1 Å². The van der Waals surface area contributed by atoms with E-state index >= 15 is 0 Å². The van der Waals surface area contributed by atoms with E-state index in [2.05, 4.69) is 71.6 Å². The minimum atomic E-state index is 0.0225. The molecule has 5 rings (SSSR count). The van der Waals surface area contributed by atoms with Gasteiger partial charge in [0.05, 0.1) is 11.0 Å². The molecule has 0 atom stereocenters. The fourth-order valence-corrected chi connectivity index (χ4v) is 4.51. The smallest absolute Gasteiger partial charge is 0.137 e. The average molecular weight is 506 g/mol. The van der Waals surface area contributed by atoms with Crippen molar-refractivity contribution in [3.8, 4) is 17.3 Å². The molecule has 5 aromatic rings. The van der Waals surface area contributed by atoms with Gasteiger partial charge in [0.2, 0.25) is 0 Å². The van der Waals surface area contributed by atoms with Gasteiger partial charge in [-0.15, -0.1) is 0 Å². The summed E-state index contributed by atoms with van der Waals surface area (Å²) in [7, 11) is 0. The monoisotopic (exact) mass is 504 g/mol. The molecule has 3 nitrogen and oxygen atoms in total. The van der Waals surface area contributed by atoms with Crippen LogP contribution in [-0.4, -0.2) is 9.55 Å². The van der Waals surface area contributed by atoms with Gasteiger partial charge in [-0.2, -0.15) is 0 Å². The first-order valence-electron chi connectivity index (χ1n) is 10.4.